The van der Waals surface area contributed by atoms with Crippen LogP contribution in [0.25, 0.3) is 0 Å². The Morgan fingerprint density at radius 2 is 1.90 bits per heavy atom. The Morgan fingerprint density at radius 3 is 2.48 bits per heavy atom. The van der Waals surface area contributed by atoms with Crippen LogP contribution in [-0.2, 0) is 14.3 Å². The standard InChI is InChI=1S/C23H35N3O5/c1-6-7-13-24-21(29)19(17-10-8-9-15(2)20(17)28)26(16-11-12-16)18(27)14-25-22(30)31-23(3,4)5/h8-10,16,19,28H,6-7,11-14H2,1-5H3,(H,24,29)(H,25,30). The van der Waals surface area contributed by atoms with Crippen molar-refractivity contribution in [2.45, 2.75) is 78.0 Å². The first-order chi connectivity index (χ1) is 14.5. The van der Waals surface area contributed by atoms with E-state index in [1.54, 1.807) is 45.9 Å². The highest BCUT2D eigenvalue weighted by Gasteiger charge is 2.42. The van der Waals surface area contributed by atoms with E-state index in [-0.39, 0.29) is 24.2 Å². The summed E-state index contributed by atoms with van der Waals surface area (Å²) in [5.41, 5.74) is 0.323. The lowest BCUT2D eigenvalue weighted by atomic mass is 9.99. The van der Waals surface area contributed by atoms with Gasteiger partial charge in [0.05, 0.1) is 0 Å². The van der Waals surface area contributed by atoms with Gasteiger partial charge >= 0.3 is 6.09 Å². The second-order valence-corrected chi connectivity index (χ2v) is 8.95. The number of carbonyl (C=O) groups is 3. The molecule has 1 aromatic rings. The predicted octanol–water partition coefficient (Wildman–Crippen LogP) is 3.17. The fourth-order valence-electron chi connectivity index (χ4n) is 3.27. The second kappa shape index (κ2) is 10.5. The largest absolute Gasteiger partial charge is 0.507 e. The van der Waals surface area contributed by atoms with Crippen molar-refractivity contribution in [1.29, 1.82) is 0 Å². The molecule has 172 valence electrons. The molecule has 0 aromatic heterocycles. The maximum Gasteiger partial charge on any atom is 0.408 e. The van der Waals surface area contributed by atoms with Crippen LogP contribution in [0.3, 0.4) is 0 Å². The van der Waals surface area contributed by atoms with Gasteiger partial charge in [0, 0.05) is 18.2 Å². The minimum absolute atomic E-state index is 0.00306. The van der Waals surface area contributed by atoms with E-state index in [9.17, 15) is 19.5 Å². The highest BCUT2D eigenvalue weighted by atomic mass is 16.6. The van der Waals surface area contributed by atoms with Gasteiger partial charge in [-0.1, -0.05) is 31.5 Å². The molecule has 2 rings (SSSR count). The third-order valence-electron chi connectivity index (χ3n) is 4.93. The van der Waals surface area contributed by atoms with Gasteiger partial charge in [0.25, 0.3) is 0 Å². The maximum absolute atomic E-state index is 13.2. The molecule has 1 aliphatic carbocycles. The number of ether oxygens (including phenoxy) is 1. The van der Waals surface area contributed by atoms with Crippen molar-refractivity contribution in [3.05, 3.63) is 29.3 Å². The van der Waals surface area contributed by atoms with Crippen molar-refractivity contribution in [3.8, 4) is 5.75 Å². The third-order valence-corrected chi connectivity index (χ3v) is 4.93. The van der Waals surface area contributed by atoms with E-state index in [4.69, 9.17) is 4.74 Å². The van der Waals surface area contributed by atoms with Crippen LogP contribution in [0.5, 0.6) is 5.75 Å². The summed E-state index contributed by atoms with van der Waals surface area (Å²) in [6.45, 7) is 9.18. The number of rotatable bonds is 9. The van der Waals surface area contributed by atoms with Gasteiger partial charge < -0.3 is 25.4 Å². The first kappa shape index (κ1) is 24.5. The highest BCUT2D eigenvalue weighted by Crippen LogP contribution is 2.38. The lowest BCUT2D eigenvalue weighted by Crippen LogP contribution is -2.49. The number of hydrogen-bond acceptors (Lipinski definition) is 5. The highest BCUT2D eigenvalue weighted by molar-refractivity contribution is 5.91. The number of unbranched alkanes of at least 4 members (excludes halogenated alkanes) is 1. The number of nitrogens with zero attached hydrogens (tertiary/aromatic N) is 1. The van der Waals surface area contributed by atoms with E-state index in [0.29, 0.717) is 17.7 Å². The Morgan fingerprint density at radius 1 is 1.23 bits per heavy atom. The average Bonchev–Trinajstić information content (AvgIpc) is 3.50. The van der Waals surface area contributed by atoms with Crippen molar-refractivity contribution >= 4 is 17.9 Å². The molecule has 8 nitrogen and oxygen atoms in total. The van der Waals surface area contributed by atoms with E-state index in [1.165, 1.54) is 4.90 Å². The summed E-state index contributed by atoms with van der Waals surface area (Å²) in [5, 5.41) is 16.0. The summed E-state index contributed by atoms with van der Waals surface area (Å²) in [5.74, 6) is -0.742. The van der Waals surface area contributed by atoms with Crippen molar-refractivity contribution in [1.82, 2.24) is 15.5 Å². The van der Waals surface area contributed by atoms with E-state index >= 15 is 0 Å². The monoisotopic (exact) mass is 433 g/mol. The molecule has 0 radical (unpaired) electrons. The number of hydrogen-bond donors (Lipinski definition) is 3. The van der Waals surface area contributed by atoms with Gasteiger partial charge in [-0.2, -0.15) is 0 Å². The number of aryl methyl sites for hydroxylation is 1. The van der Waals surface area contributed by atoms with E-state index in [1.807, 2.05) is 6.92 Å². The van der Waals surface area contributed by atoms with Crippen LogP contribution in [0.4, 0.5) is 4.79 Å². The molecule has 0 heterocycles. The van der Waals surface area contributed by atoms with Gasteiger partial charge in [-0.25, -0.2) is 4.79 Å². The van der Waals surface area contributed by atoms with E-state index < -0.39 is 23.6 Å². The fourth-order valence-corrected chi connectivity index (χ4v) is 3.27. The minimum atomic E-state index is -0.975. The number of carbonyl (C=O) groups excluding carboxylic acids is 3. The quantitative estimate of drug-likeness (QED) is 0.519. The molecule has 1 saturated carbocycles. The summed E-state index contributed by atoms with van der Waals surface area (Å²) < 4.78 is 5.20. The van der Waals surface area contributed by atoms with Gasteiger partial charge in [0.1, 0.15) is 23.9 Å². The van der Waals surface area contributed by atoms with Crippen LogP contribution in [-0.4, -0.2) is 52.6 Å². The van der Waals surface area contributed by atoms with Gasteiger partial charge in [-0.05, 0) is 52.5 Å². The molecule has 0 aliphatic heterocycles. The number of alkyl carbamates (subject to hydrolysis) is 1. The molecule has 3 N–H and O–H groups in total. The molecule has 8 heteroatoms. The normalized spacial score (nSPS) is 14.5. The number of nitrogens with one attached hydrogen (secondary N) is 2. The third kappa shape index (κ3) is 7.15. The van der Waals surface area contributed by atoms with Crippen molar-refractivity contribution in [3.63, 3.8) is 0 Å². The topological polar surface area (TPSA) is 108 Å². The van der Waals surface area contributed by atoms with Gasteiger partial charge in [0.15, 0.2) is 0 Å². The van der Waals surface area contributed by atoms with E-state index in [2.05, 4.69) is 10.6 Å². The van der Waals surface area contributed by atoms with Crippen LogP contribution in [0, 0.1) is 6.92 Å². The van der Waals surface area contributed by atoms with Crippen molar-refractivity contribution in [2.24, 2.45) is 0 Å². The molecule has 0 saturated heterocycles. The zero-order valence-electron chi connectivity index (χ0n) is 19.2. The molecule has 1 atom stereocenters. The second-order valence-electron chi connectivity index (χ2n) is 8.95. The lowest BCUT2D eigenvalue weighted by Gasteiger charge is -2.32. The average molecular weight is 434 g/mol. The van der Waals surface area contributed by atoms with Crippen LogP contribution in [0.1, 0.15) is 70.5 Å². The summed E-state index contributed by atoms with van der Waals surface area (Å²) in [7, 11) is 0. The molecule has 0 spiro atoms. The molecular weight excluding hydrogens is 398 g/mol. The molecule has 3 amide bonds. The molecule has 1 unspecified atom stereocenters. The summed E-state index contributed by atoms with van der Waals surface area (Å²) >= 11 is 0. The maximum atomic E-state index is 13.2. The minimum Gasteiger partial charge on any atom is -0.507 e. The molecule has 1 aromatic carbocycles. The van der Waals surface area contributed by atoms with Crippen LogP contribution < -0.4 is 10.6 Å². The van der Waals surface area contributed by atoms with Crippen molar-refractivity contribution in [2.75, 3.05) is 13.1 Å². The SMILES string of the molecule is CCCCNC(=O)C(c1cccc(C)c1O)N(C(=O)CNC(=O)OC(C)(C)C)C1CC1. The molecule has 1 aliphatic rings. The number of benzene rings is 1. The molecule has 31 heavy (non-hydrogen) atoms. The summed E-state index contributed by atoms with van der Waals surface area (Å²) in [4.78, 5) is 39.8. The Kier molecular flexibility index (Phi) is 8.30. The fraction of sp³-hybridized carbons (Fsp3) is 0.609. The molecule has 0 bridgehead atoms. The van der Waals surface area contributed by atoms with Crippen LogP contribution in [0.15, 0.2) is 18.2 Å². The van der Waals surface area contributed by atoms with Crippen LogP contribution in [0.2, 0.25) is 0 Å². The molecular formula is C23H35N3O5. The van der Waals surface area contributed by atoms with Gasteiger partial charge in [-0.3, -0.25) is 9.59 Å². The lowest BCUT2D eigenvalue weighted by molar-refractivity contribution is -0.141. The van der Waals surface area contributed by atoms with E-state index in [0.717, 1.165) is 25.7 Å². The zero-order valence-corrected chi connectivity index (χ0v) is 19.2. The number of phenolic OH excluding ortho intramolecular Hbond substituents is 1. The smallest absolute Gasteiger partial charge is 0.408 e. The Bertz CT molecular complexity index is 799. The number of para-hydroxylation sites is 1. The Balaban J connectivity index is 2.27. The zero-order chi connectivity index (χ0) is 23.2. The van der Waals surface area contributed by atoms with Crippen molar-refractivity contribution < 1.29 is 24.2 Å². The van der Waals surface area contributed by atoms with Crippen LogP contribution >= 0.6 is 0 Å². The first-order valence-corrected chi connectivity index (χ1v) is 10.9. The van der Waals surface area contributed by atoms with Gasteiger partial charge in [0.2, 0.25) is 11.8 Å². The number of aromatic hydroxyl groups is 1. The molecule has 1 fully saturated rings. The first-order valence-electron chi connectivity index (χ1n) is 10.9. The summed E-state index contributed by atoms with van der Waals surface area (Å²) in [6.07, 6.45) is 2.58. The number of phenols is 1. The Hall–Kier alpha value is -2.77. The predicted molar refractivity (Wildman–Crippen MR) is 118 cm³/mol. The van der Waals surface area contributed by atoms with Gasteiger partial charge in [-0.15, -0.1) is 0 Å². The summed E-state index contributed by atoms with van der Waals surface area (Å²) in [6, 6.07) is 4.08. The Labute approximate surface area is 184 Å². The number of amides is 3.